The third kappa shape index (κ3) is 5.56. The highest BCUT2D eigenvalue weighted by Crippen LogP contribution is 2.46. The number of rotatable bonds is 11. The van der Waals surface area contributed by atoms with Crippen LogP contribution in [0, 0.1) is 6.92 Å². The number of benzene rings is 2. The van der Waals surface area contributed by atoms with Gasteiger partial charge in [0.25, 0.3) is 0 Å². The molecule has 1 aromatic heterocycles. The molecule has 0 unspecified atom stereocenters. The number of methoxy groups -OCH3 is 6. The van der Waals surface area contributed by atoms with E-state index in [4.69, 9.17) is 32.8 Å². The zero-order valence-electron chi connectivity index (χ0n) is 22.3. The van der Waals surface area contributed by atoms with Crippen molar-refractivity contribution in [3.63, 3.8) is 0 Å². The molecule has 2 N–H and O–H groups in total. The number of carbonyl (C=O) groups is 1. The van der Waals surface area contributed by atoms with E-state index in [9.17, 15) is 14.7 Å². The number of hydrogen-bond acceptors (Lipinski definition) is 10. The van der Waals surface area contributed by atoms with Gasteiger partial charge >= 0.3 is 5.63 Å². The smallest absolute Gasteiger partial charge is 0.343 e. The molecule has 2 aromatic carbocycles. The first-order valence-electron chi connectivity index (χ1n) is 11.4. The maximum absolute atomic E-state index is 13.4. The Labute approximate surface area is 219 Å². The van der Waals surface area contributed by atoms with Gasteiger partial charge in [0.2, 0.25) is 17.4 Å². The van der Waals surface area contributed by atoms with Crippen molar-refractivity contribution in [1.29, 1.82) is 0 Å². The highest BCUT2D eigenvalue weighted by molar-refractivity contribution is 5.92. The summed E-state index contributed by atoms with van der Waals surface area (Å²) in [5.41, 5.74) is -0.134. The van der Waals surface area contributed by atoms with Crippen LogP contribution in [0.25, 0.3) is 0 Å². The van der Waals surface area contributed by atoms with Gasteiger partial charge in [-0.1, -0.05) is 6.07 Å². The number of hydrogen-bond donors (Lipinski definition) is 2. The third-order valence-electron chi connectivity index (χ3n) is 5.89. The van der Waals surface area contributed by atoms with Crippen LogP contribution in [0.1, 0.15) is 29.2 Å². The van der Waals surface area contributed by atoms with Crippen molar-refractivity contribution < 1.29 is 42.7 Å². The first-order chi connectivity index (χ1) is 18.2. The predicted octanol–water partition coefficient (Wildman–Crippen LogP) is 3.87. The highest BCUT2D eigenvalue weighted by atomic mass is 16.5. The fourth-order valence-corrected chi connectivity index (χ4v) is 4.24. The van der Waals surface area contributed by atoms with Crippen molar-refractivity contribution in [3.05, 3.63) is 57.6 Å². The molecule has 0 aliphatic heterocycles. The summed E-state index contributed by atoms with van der Waals surface area (Å²) in [6.07, 6.45) is -0.274. The van der Waals surface area contributed by atoms with Gasteiger partial charge in [-0.15, -0.1) is 0 Å². The predicted molar refractivity (Wildman–Crippen MR) is 139 cm³/mol. The third-order valence-corrected chi connectivity index (χ3v) is 5.89. The largest absolute Gasteiger partial charge is 0.507 e. The maximum atomic E-state index is 13.4. The zero-order chi connectivity index (χ0) is 28.0. The molecule has 11 nitrogen and oxygen atoms in total. The van der Waals surface area contributed by atoms with Crippen LogP contribution in [0.15, 0.2) is 39.5 Å². The standard InChI is InChI=1S/C27H31NO10/c1-14-10-18(29)23(27(31)38-14)17(16-8-9-19(32-2)26(37-7)24(16)35-5)13-22(30)28-15-11-20(33-3)25(36-6)21(12-15)34-4/h8-12,17,29H,13H2,1-7H3,(H,28,30)/t17-/m0/s1. The van der Waals surface area contributed by atoms with Crippen molar-refractivity contribution in [3.8, 4) is 40.2 Å². The number of carbonyl (C=O) groups excluding carboxylic acids is 1. The topological polar surface area (TPSA) is 135 Å². The van der Waals surface area contributed by atoms with Gasteiger partial charge in [-0.2, -0.15) is 0 Å². The second kappa shape index (κ2) is 12.1. The summed E-state index contributed by atoms with van der Waals surface area (Å²) in [6.45, 7) is 1.54. The van der Waals surface area contributed by atoms with Crippen LogP contribution in [0.2, 0.25) is 0 Å². The van der Waals surface area contributed by atoms with E-state index in [1.807, 2.05) is 0 Å². The molecule has 3 aromatic rings. The molecule has 0 aliphatic carbocycles. The molecule has 0 spiro atoms. The molecule has 1 atom stereocenters. The van der Waals surface area contributed by atoms with Gasteiger partial charge in [0.15, 0.2) is 23.0 Å². The monoisotopic (exact) mass is 529 g/mol. The van der Waals surface area contributed by atoms with Gasteiger partial charge in [-0.05, 0) is 13.0 Å². The number of ether oxygens (including phenoxy) is 6. The Morgan fingerprint density at radius 2 is 1.42 bits per heavy atom. The van der Waals surface area contributed by atoms with Crippen LogP contribution in [-0.2, 0) is 4.79 Å². The molecule has 204 valence electrons. The molecule has 0 saturated carbocycles. The van der Waals surface area contributed by atoms with Crippen LogP contribution >= 0.6 is 0 Å². The molecule has 1 heterocycles. The van der Waals surface area contributed by atoms with E-state index in [0.29, 0.717) is 34.2 Å². The molecule has 1 amide bonds. The minimum atomic E-state index is -0.983. The van der Waals surface area contributed by atoms with Gasteiger partial charge in [0.05, 0.1) is 48.2 Å². The van der Waals surface area contributed by atoms with Crippen molar-refractivity contribution in [1.82, 2.24) is 0 Å². The van der Waals surface area contributed by atoms with Gasteiger partial charge in [0.1, 0.15) is 11.5 Å². The van der Waals surface area contributed by atoms with Crippen molar-refractivity contribution in [2.75, 3.05) is 48.0 Å². The summed E-state index contributed by atoms with van der Waals surface area (Å²) >= 11 is 0. The van der Waals surface area contributed by atoms with E-state index in [0.717, 1.165) is 0 Å². The Bertz CT molecular complexity index is 1340. The fourth-order valence-electron chi connectivity index (χ4n) is 4.24. The molecule has 0 fully saturated rings. The second-order valence-electron chi connectivity index (χ2n) is 8.09. The number of aryl methyl sites for hydroxylation is 1. The lowest BCUT2D eigenvalue weighted by Crippen LogP contribution is -2.21. The Hall–Kier alpha value is -4.54. The molecular formula is C27H31NO10. The average Bonchev–Trinajstić information content (AvgIpc) is 2.90. The van der Waals surface area contributed by atoms with Gasteiger partial charge < -0.3 is 43.3 Å². The van der Waals surface area contributed by atoms with Crippen molar-refractivity contribution in [2.45, 2.75) is 19.3 Å². The second-order valence-corrected chi connectivity index (χ2v) is 8.09. The Morgan fingerprint density at radius 3 is 1.92 bits per heavy atom. The maximum Gasteiger partial charge on any atom is 0.343 e. The first-order valence-corrected chi connectivity index (χ1v) is 11.4. The zero-order valence-corrected chi connectivity index (χ0v) is 22.3. The minimum Gasteiger partial charge on any atom is -0.507 e. The lowest BCUT2D eigenvalue weighted by atomic mass is 9.87. The van der Waals surface area contributed by atoms with Crippen LogP contribution in [0.4, 0.5) is 5.69 Å². The van der Waals surface area contributed by atoms with Crippen molar-refractivity contribution in [2.24, 2.45) is 0 Å². The van der Waals surface area contributed by atoms with E-state index in [2.05, 4.69) is 5.32 Å². The molecule has 0 saturated heterocycles. The first kappa shape index (κ1) is 28.0. The number of amides is 1. The molecule has 38 heavy (non-hydrogen) atoms. The summed E-state index contributed by atoms with van der Waals surface area (Å²) in [4.78, 5) is 26.3. The Balaban J connectivity index is 2.12. The molecule has 3 rings (SSSR count). The summed E-state index contributed by atoms with van der Waals surface area (Å²) in [6, 6.07) is 7.71. The molecule has 0 aliphatic rings. The molecule has 11 heteroatoms. The summed E-state index contributed by atoms with van der Waals surface area (Å²) in [5.74, 6) is 0.364. The van der Waals surface area contributed by atoms with E-state index in [1.165, 1.54) is 55.6 Å². The van der Waals surface area contributed by atoms with Gasteiger partial charge in [0, 0.05) is 41.8 Å². The fraction of sp³-hybridized carbons (Fsp3) is 0.333. The summed E-state index contributed by atoms with van der Waals surface area (Å²) in [7, 11) is 8.72. The van der Waals surface area contributed by atoms with Gasteiger partial charge in [-0.25, -0.2) is 4.79 Å². The molecule has 0 bridgehead atoms. The van der Waals surface area contributed by atoms with Crippen LogP contribution in [0.5, 0.6) is 40.2 Å². The summed E-state index contributed by atoms with van der Waals surface area (Å²) < 4.78 is 37.7. The van der Waals surface area contributed by atoms with Crippen molar-refractivity contribution >= 4 is 11.6 Å². The van der Waals surface area contributed by atoms with E-state index in [-0.39, 0.29) is 35.0 Å². The Kier molecular flexibility index (Phi) is 8.95. The Morgan fingerprint density at radius 1 is 0.842 bits per heavy atom. The van der Waals surface area contributed by atoms with Gasteiger partial charge in [-0.3, -0.25) is 4.79 Å². The van der Waals surface area contributed by atoms with E-state index >= 15 is 0 Å². The normalized spacial score (nSPS) is 11.3. The number of aromatic hydroxyl groups is 1. The van der Waals surface area contributed by atoms with Crippen LogP contribution in [-0.4, -0.2) is 53.7 Å². The van der Waals surface area contributed by atoms with Crippen LogP contribution in [0.3, 0.4) is 0 Å². The quantitative estimate of drug-likeness (QED) is 0.377. The SMILES string of the molecule is COc1cc(NC(=O)C[C@@H](c2ccc(OC)c(OC)c2OC)c2c(O)cc(C)oc2=O)cc(OC)c1OC. The highest BCUT2D eigenvalue weighted by Gasteiger charge is 2.31. The van der Waals surface area contributed by atoms with E-state index < -0.39 is 17.5 Å². The van der Waals surface area contributed by atoms with E-state index in [1.54, 1.807) is 24.3 Å². The number of nitrogens with one attached hydrogen (secondary N) is 1. The number of anilines is 1. The summed E-state index contributed by atoms with van der Waals surface area (Å²) in [5, 5.41) is 13.5. The molecule has 0 radical (unpaired) electrons. The average molecular weight is 530 g/mol. The lowest BCUT2D eigenvalue weighted by Gasteiger charge is -2.22. The lowest BCUT2D eigenvalue weighted by molar-refractivity contribution is -0.116. The van der Waals surface area contributed by atoms with Crippen LogP contribution < -0.4 is 39.4 Å². The minimum absolute atomic E-state index is 0.110. The molecular weight excluding hydrogens is 498 g/mol.